The Morgan fingerprint density at radius 1 is 1.08 bits per heavy atom. The number of nitrogens with one attached hydrogen (secondary N) is 1. The first-order chi connectivity index (χ1) is 12.7. The maximum Gasteiger partial charge on any atom is 0.257 e. The van der Waals surface area contributed by atoms with Gasteiger partial charge in [-0.1, -0.05) is 12.1 Å². The van der Waals surface area contributed by atoms with E-state index in [1.54, 1.807) is 6.07 Å². The van der Waals surface area contributed by atoms with E-state index in [9.17, 15) is 4.79 Å². The van der Waals surface area contributed by atoms with Crippen molar-refractivity contribution in [2.45, 2.75) is 19.8 Å². The lowest BCUT2D eigenvalue weighted by atomic mass is 10.1. The smallest absolute Gasteiger partial charge is 0.257 e. The number of benzene rings is 2. The van der Waals surface area contributed by atoms with Crippen LogP contribution in [0, 0.1) is 6.92 Å². The van der Waals surface area contributed by atoms with Gasteiger partial charge in [-0.25, -0.2) is 0 Å². The molecule has 4 rings (SSSR count). The van der Waals surface area contributed by atoms with E-state index >= 15 is 0 Å². The van der Waals surface area contributed by atoms with Crippen molar-refractivity contribution in [1.29, 1.82) is 0 Å². The molecule has 0 unspecified atom stereocenters. The summed E-state index contributed by atoms with van der Waals surface area (Å²) in [6.07, 6.45) is 3.96. The topological polar surface area (TPSA) is 75.9 Å². The molecule has 2 heterocycles. The number of hydrogen-bond acceptors (Lipinski definition) is 5. The van der Waals surface area contributed by atoms with Crippen LogP contribution < -0.4 is 10.2 Å². The Hall–Kier alpha value is -3.22. The van der Waals surface area contributed by atoms with E-state index in [4.69, 9.17) is 0 Å². The second kappa shape index (κ2) is 6.95. The van der Waals surface area contributed by atoms with E-state index in [0.717, 1.165) is 18.8 Å². The number of carbonyl (C=O) groups is 1. The van der Waals surface area contributed by atoms with Crippen LogP contribution in [0.1, 0.15) is 28.8 Å². The van der Waals surface area contributed by atoms with Crippen molar-refractivity contribution in [2.24, 2.45) is 0 Å². The Labute approximate surface area is 151 Å². The Morgan fingerprint density at radius 3 is 2.62 bits per heavy atom. The predicted molar refractivity (Wildman–Crippen MR) is 99.7 cm³/mol. The molecule has 0 bridgehead atoms. The number of amides is 1. The summed E-state index contributed by atoms with van der Waals surface area (Å²) in [5, 5.41) is 14.1. The second-order valence-electron chi connectivity index (χ2n) is 6.42. The maximum absolute atomic E-state index is 12.8. The number of rotatable bonds is 4. The third-order valence-corrected chi connectivity index (χ3v) is 4.65. The second-order valence-corrected chi connectivity index (χ2v) is 6.42. The van der Waals surface area contributed by atoms with Gasteiger partial charge >= 0.3 is 0 Å². The van der Waals surface area contributed by atoms with Crippen molar-refractivity contribution < 1.29 is 4.79 Å². The zero-order chi connectivity index (χ0) is 17.9. The van der Waals surface area contributed by atoms with Crippen LogP contribution in [0.3, 0.4) is 0 Å². The first kappa shape index (κ1) is 16.3. The molecule has 2 aromatic carbocycles. The third-order valence-electron chi connectivity index (χ3n) is 4.65. The summed E-state index contributed by atoms with van der Waals surface area (Å²) in [7, 11) is 0. The van der Waals surface area contributed by atoms with Gasteiger partial charge < -0.3 is 10.2 Å². The van der Waals surface area contributed by atoms with E-state index in [1.807, 2.05) is 30.3 Å². The molecular weight excluding hydrogens is 328 g/mol. The molecule has 0 aliphatic carbocycles. The quantitative estimate of drug-likeness (QED) is 0.785. The van der Waals surface area contributed by atoms with Crippen LogP contribution >= 0.6 is 0 Å². The number of tetrazole rings is 1. The van der Waals surface area contributed by atoms with E-state index in [0.29, 0.717) is 11.3 Å². The van der Waals surface area contributed by atoms with Crippen molar-refractivity contribution in [3.63, 3.8) is 0 Å². The van der Waals surface area contributed by atoms with Crippen LogP contribution in [0.2, 0.25) is 0 Å². The van der Waals surface area contributed by atoms with Gasteiger partial charge in [0.05, 0.1) is 11.3 Å². The standard InChI is InChI=1S/C19H20N6O/c1-14-12-15(8-9-17(14)24-10-4-5-11-24)21-19(26)16-6-2-3-7-18(16)25-13-20-22-23-25/h2-3,6-9,12-13H,4-5,10-11H2,1H3,(H,21,26). The fraction of sp³-hybridized carbons (Fsp3) is 0.263. The van der Waals surface area contributed by atoms with Crippen LogP contribution in [0.25, 0.3) is 5.69 Å². The van der Waals surface area contributed by atoms with E-state index in [2.05, 4.69) is 38.7 Å². The highest BCUT2D eigenvalue weighted by molar-refractivity contribution is 6.06. The lowest BCUT2D eigenvalue weighted by Gasteiger charge is -2.20. The van der Waals surface area contributed by atoms with Crippen molar-refractivity contribution in [2.75, 3.05) is 23.3 Å². The van der Waals surface area contributed by atoms with Gasteiger partial charge in [-0.05, 0) is 66.1 Å². The number of aromatic nitrogens is 4. The highest BCUT2D eigenvalue weighted by atomic mass is 16.1. The fourth-order valence-corrected chi connectivity index (χ4v) is 3.38. The third kappa shape index (κ3) is 3.15. The SMILES string of the molecule is Cc1cc(NC(=O)c2ccccc2-n2cnnn2)ccc1N1CCCC1. The summed E-state index contributed by atoms with van der Waals surface area (Å²) >= 11 is 0. The van der Waals surface area contributed by atoms with Crippen LogP contribution in [0.5, 0.6) is 0 Å². The predicted octanol–water partition coefficient (Wildman–Crippen LogP) is 2.82. The minimum Gasteiger partial charge on any atom is -0.371 e. The Kier molecular flexibility index (Phi) is 4.35. The van der Waals surface area contributed by atoms with Crippen LogP contribution in [-0.4, -0.2) is 39.2 Å². The van der Waals surface area contributed by atoms with E-state index < -0.39 is 0 Å². The average molecular weight is 348 g/mol. The summed E-state index contributed by atoms with van der Waals surface area (Å²) in [5.74, 6) is -0.190. The van der Waals surface area contributed by atoms with Crippen molar-refractivity contribution in [1.82, 2.24) is 20.2 Å². The van der Waals surface area contributed by atoms with Gasteiger partial charge in [-0.15, -0.1) is 5.10 Å². The number of hydrogen-bond donors (Lipinski definition) is 1. The summed E-state index contributed by atoms with van der Waals surface area (Å²) in [6, 6.07) is 13.3. The molecule has 1 fully saturated rings. The highest BCUT2D eigenvalue weighted by Gasteiger charge is 2.16. The molecule has 7 nitrogen and oxygen atoms in total. The van der Waals surface area contributed by atoms with Gasteiger partial charge in [0.2, 0.25) is 0 Å². The minimum absolute atomic E-state index is 0.190. The highest BCUT2D eigenvalue weighted by Crippen LogP contribution is 2.27. The van der Waals surface area contributed by atoms with E-state index in [1.165, 1.54) is 35.1 Å². The number of nitrogens with zero attached hydrogens (tertiary/aromatic N) is 5. The molecule has 0 spiro atoms. The molecular formula is C19H20N6O. The van der Waals surface area contributed by atoms with Gasteiger partial charge in [-0.2, -0.15) is 4.68 Å². The molecule has 0 radical (unpaired) electrons. The van der Waals surface area contributed by atoms with Gasteiger partial charge in [-0.3, -0.25) is 4.79 Å². The summed E-state index contributed by atoms with van der Waals surface area (Å²) in [4.78, 5) is 15.2. The molecule has 1 N–H and O–H groups in total. The van der Waals surface area contributed by atoms with Crippen LogP contribution in [0.4, 0.5) is 11.4 Å². The average Bonchev–Trinajstić information content (AvgIpc) is 3.36. The lowest BCUT2D eigenvalue weighted by Crippen LogP contribution is -2.19. The van der Waals surface area contributed by atoms with E-state index in [-0.39, 0.29) is 5.91 Å². The minimum atomic E-state index is -0.190. The lowest BCUT2D eigenvalue weighted by molar-refractivity contribution is 0.102. The number of aryl methyl sites for hydroxylation is 1. The summed E-state index contributed by atoms with van der Waals surface area (Å²) < 4.78 is 1.48. The maximum atomic E-state index is 12.8. The molecule has 0 saturated carbocycles. The summed E-state index contributed by atoms with van der Waals surface area (Å²) in [5.41, 5.74) is 4.34. The molecule has 1 aliphatic rings. The monoisotopic (exact) mass is 348 g/mol. The fourth-order valence-electron chi connectivity index (χ4n) is 3.38. The molecule has 26 heavy (non-hydrogen) atoms. The van der Waals surface area contributed by atoms with Gasteiger partial charge in [0.1, 0.15) is 6.33 Å². The largest absolute Gasteiger partial charge is 0.371 e. The van der Waals surface area contributed by atoms with Crippen LogP contribution in [-0.2, 0) is 0 Å². The molecule has 1 amide bonds. The molecule has 1 saturated heterocycles. The first-order valence-electron chi connectivity index (χ1n) is 8.72. The van der Waals surface area contributed by atoms with Crippen LogP contribution in [0.15, 0.2) is 48.8 Å². The Morgan fingerprint density at radius 2 is 1.88 bits per heavy atom. The van der Waals surface area contributed by atoms with Gasteiger partial charge in [0, 0.05) is 24.5 Å². The molecule has 1 aromatic heterocycles. The Balaban J connectivity index is 1.57. The molecule has 132 valence electrons. The molecule has 0 atom stereocenters. The van der Waals surface area contributed by atoms with Gasteiger partial charge in [0.15, 0.2) is 0 Å². The molecule has 7 heteroatoms. The Bertz CT molecular complexity index is 916. The number of para-hydroxylation sites is 1. The zero-order valence-corrected chi connectivity index (χ0v) is 14.6. The van der Waals surface area contributed by atoms with Crippen molar-refractivity contribution >= 4 is 17.3 Å². The normalized spacial score (nSPS) is 13.8. The van der Waals surface area contributed by atoms with Crippen molar-refractivity contribution in [3.05, 3.63) is 59.9 Å². The van der Waals surface area contributed by atoms with Gasteiger partial charge in [0.25, 0.3) is 5.91 Å². The number of carbonyl (C=O) groups excluding carboxylic acids is 1. The first-order valence-corrected chi connectivity index (χ1v) is 8.72. The number of anilines is 2. The van der Waals surface area contributed by atoms with Crippen molar-refractivity contribution in [3.8, 4) is 5.69 Å². The zero-order valence-electron chi connectivity index (χ0n) is 14.6. The summed E-state index contributed by atoms with van der Waals surface area (Å²) in [6.45, 7) is 4.29. The molecule has 3 aromatic rings. The molecule has 1 aliphatic heterocycles.